The quantitative estimate of drug-likeness (QED) is 0.335. The zero-order valence-corrected chi connectivity index (χ0v) is 21.1. The van der Waals surface area contributed by atoms with Crippen molar-refractivity contribution in [1.29, 1.82) is 0 Å². The molecule has 0 aliphatic heterocycles. The summed E-state index contributed by atoms with van der Waals surface area (Å²) in [5, 5.41) is 9.12. The van der Waals surface area contributed by atoms with Crippen LogP contribution in [0.3, 0.4) is 0 Å². The highest BCUT2D eigenvalue weighted by Crippen LogP contribution is 2.33. The van der Waals surface area contributed by atoms with E-state index in [9.17, 15) is 18.0 Å². The van der Waals surface area contributed by atoms with Gasteiger partial charge in [0.25, 0.3) is 5.56 Å². The number of nitrogens with one attached hydrogen (secondary N) is 2. The lowest BCUT2D eigenvalue weighted by Crippen LogP contribution is -2.16. The summed E-state index contributed by atoms with van der Waals surface area (Å²) in [7, 11) is -3.72. The maximum absolute atomic E-state index is 12.7. The molecule has 0 fully saturated rings. The number of hydrogen-bond donors (Lipinski definition) is 3. The van der Waals surface area contributed by atoms with Crippen LogP contribution in [0.15, 0.2) is 40.2 Å². The third kappa shape index (κ3) is 5.35. The van der Waals surface area contributed by atoms with E-state index >= 15 is 0 Å². The van der Waals surface area contributed by atoms with Crippen molar-refractivity contribution in [3.8, 4) is 0 Å². The number of aromatic nitrogens is 3. The van der Waals surface area contributed by atoms with Crippen LogP contribution < -0.4 is 16.0 Å². The van der Waals surface area contributed by atoms with Gasteiger partial charge in [-0.25, -0.2) is 23.5 Å². The molecule has 4 N–H and O–H groups in total. The van der Waals surface area contributed by atoms with Crippen molar-refractivity contribution < 1.29 is 13.2 Å². The average Bonchev–Trinajstić information content (AvgIpc) is 3.41. The normalized spacial score (nSPS) is 13.6. The van der Waals surface area contributed by atoms with Crippen LogP contribution in [0, 0.1) is 0 Å². The molecule has 1 aliphatic carbocycles. The van der Waals surface area contributed by atoms with Gasteiger partial charge in [-0.15, -0.1) is 22.7 Å². The lowest BCUT2D eigenvalue weighted by atomic mass is 9.97. The maximum Gasteiger partial charge on any atom is 0.259 e. The number of nitrogens with zero attached hydrogens (tertiary/aromatic N) is 2. The Morgan fingerprint density at radius 3 is 2.69 bits per heavy atom. The van der Waals surface area contributed by atoms with E-state index in [1.807, 2.05) is 0 Å². The molecule has 1 aliphatic rings. The predicted molar refractivity (Wildman–Crippen MR) is 137 cm³/mol. The molecule has 0 radical (unpaired) electrons. The summed E-state index contributed by atoms with van der Waals surface area (Å²) in [6.07, 6.45) is 6.91. The second kappa shape index (κ2) is 9.61. The van der Waals surface area contributed by atoms with Gasteiger partial charge in [-0.1, -0.05) is 12.1 Å². The van der Waals surface area contributed by atoms with Crippen molar-refractivity contribution >= 4 is 54.0 Å². The Hall–Kier alpha value is -2.93. The number of nitrogens with two attached hydrogens (primary N) is 1. The van der Waals surface area contributed by atoms with Gasteiger partial charge in [0.2, 0.25) is 15.9 Å². The zero-order chi connectivity index (χ0) is 24.6. The Labute approximate surface area is 209 Å². The molecule has 35 heavy (non-hydrogen) atoms. The smallest absolute Gasteiger partial charge is 0.259 e. The van der Waals surface area contributed by atoms with Gasteiger partial charge in [-0.3, -0.25) is 9.59 Å². The molecule has 182 valence electrons. The number of sulfonamides is 1. The molecule has 0 atom stereocenters. The van der Waals surface area contributed by atoms with Crippen molar-refractivity contribution in [1.82, 2.24) is 15.0 Å². The Morgan fingerprint density at radius 2 is 1.91 bits per heavy atom. The Balaban J connectivity index is 1.19. The minimum atomic E-state index is -3.72. The fraction of sp³-hybridized carbons (Fsp3) is 0.304. The number of fused-ring (bicyclic) bond motifs is 3. The van der Waals surface area contributed by atoms with Crippen molar-refractivity contribution in [2.24, 2.45) is 5.14 Å². The van der Waals surface area contributed by atoms with Crippen LogP contribution in [0.1, 0.15) is 46.0 Å². The number of H-pyrrole nitrogens is 1. The van der Waals surface area contributed by atoms with Crippen LogP contribution >= 0.6 is 22.7 Å². The molecule has 4 aromatic rings. The van der Waals surface area contributed by atoms with E-state index in [1.165, 1.54) is 28.3 Å². The summed E-state index contributed by atoms with van der Waals surface area (Å²) in [6.45, 7) is 0. The maximum atomic E-state index is 12.7. The monoisotopic (exact) mass is 529 g/mol. The zero-order valence-electron chi connectivity index (χ0n) is 18.7. The molecule has 3 aromatic heterocycles. The number of carbonyl (C=O) groups excluding carboxylic acids is 1. The summed E-state index contributed by atoms with van der Waals surface area (Å²) in [5.41, 5.74) is 1.93. The number of amides is 1. The third-order valence-corrected chi connectivity index (χ3v) is 8.92. The first-order valence-electron chi connectivity index (χ1n) is 11.2. The van der Waals surface area contributed by atoms with Crippen LogP contribution in [-0.2, 0) is 40.5 Å². The van der Waals surface area contributed by atoms with E-state index < -0.39 is 10.0 Å². The Bertz CT molecular complexity index is 1570. The predicted octanol–water partition coefficient (Wildman–Crippen LogP) is 3.13. The average molecular weight is 530 g/mol. The minimum Gasteiger partial charge on any atom is -0.310 e. The second-order valence-corrected chi connectivity index (χ2v) is 12.2. The number of aromatic amines is 1. The number of hydrogen-bond acceptors (Lipinski definition) is 8. The molecule has 9 nitrogen and oxygen atoms in total. The fourth-order valence-electron chi connectivity index (χ4n) is 4.19. The second-order valence-electron chi connectivity index (χ2n) is 8.45. The van der Waals surface area contributed by atoms with Gasteiger partial charge >= 0.3 is 0 Å². The standard InChI is InChI=1S/C23H23N5O4S3/c24-35(31,32)15-7-5-13(6-8-15)11-14-12-25-23(33-14)28-19(29)10-9-18-26-21(30)20-16-3-1-2-4-17(16)34-22(20)27-18/h5-8,12H,1-4,9-11H2,(H2,24,31,32)(H,25,28,29)(H,26,27,30). The van der Waals surface area contributed by atoms with Gasteiger partial charge in [0.15, 0.2) is 5.13 Å². The summed E-state index contributed by atoms with van der Waals surface area (Å²) < 4.78 is 22.8. The molecule has 1 amide bonds. The topological polar surface area (TPSA) is 148 Å². The highest BCUT2D eigenvalue weighted by Gasteiger charge is 2.20. The number of anilines is 1. The first kappa shape index (κ1) is 23.8. The van der Waals surface area contributed by atoms with Crippen molar-refractivity contribution in [2.75, 3.05) is 5.32 Å². The van der Waals surface area contributed by atoms with Crippen LogP contribution in [0.25, 0.3) is 10.2 Å². The Kier molecular flexibility index (Phi) is 6.53. The van der Waals surface area contributed by atoms with Gasteiger partial charge in [-0.05, 0) is 48.9 Å². The van der Waals surface area contributed by atoms with Crippen LogP contribution in [0.5, 0.6) is 0 Å². The van der Waals surface area contributed by atoms with E-state index in [-0.39, 0.29) is 22.8 Å². The van der Waals surface area contributed by atoms with Crippen molar-refractivity contribution in [2.45, 2.75) is 49.8 Å². The van der Waals surface area contributed by atoms with Gasteiger partial charge in [0.1, 0.15) is 10.7 Å². The number of primary sulfonamides is 1. The summed E-state index contributed by atoms with van der Waals surface area (Å²) in [5.74, 6) is 0.302. The number of thiophene rings is 1. The summed E-state index contributed by atoms with van der Waals surface area (Å²) >= 11 is 2.94. The number of thiazole rings is 1. The molecule has 0 spiro atoms. The van der Waals surface area contributed by atoms with E-state index in [0.717, 1.165) is 46.5 Å². The van der Waals surface area contributed by atoms with Crippen LogP contribution in [-0.4, -0.2) is 29.3 Å². The molecule has 3 heterocycles. The molecule has 0 saturated heterocycles. The van der Waals surface area contributed by atoms with Gasteiger partial charge in [0, 0.05) is 35.2 Å². The van der Waals surface area contributed by atoms with Crippen LogP contribution in [0.4, 0.5) is 5.13 Å². The fourth-order valence-corrected chi connectivity index (χ4v) is 6.84. The lowest BCUT2D eigenvalue weighted by molar-refractivity contribution is -0.116. The molecular weight excluding hydrogens is 506 g/mol. The van der Waals surface area contributed by atoms with Crippen molar-refractivity contribution in [3.63, 3.8) is 0 Å². The van der Waals surface area contributed by atoms with E-state index in [4.69, 9.17) is 5.14 Å². The minimum absolute atomic E-state index is 0.0622. The van der Waals surface area contributed by atoms with Crippen LogP contribution in [0.2, 0.25) is 0 Å². The number of aryl methyl sites for hydroxylation is 3. The first-order valence-corrected chi connectivity index (χ1v) is 14.3. The Morgan fingerprint density at radius 1 is 1.14 bits per heavy atom. The molecule has 5 rings (SSSR count). The molecule has 1 aromatic carbocycles. The number of rotatable bonds is 7. The lowest BCUT2D eigenvalue weighted by Gasteiger charge is -2.09. The largest absolute Gasteiger partial charge is 0.310 e. The summed E-state index contributed by atoms with van der Waals surface area (Å²) in [6, 6.07) is 6.34. The molecular formula is C23H23N5O4S3. The van der Waals surface area contributed by atoms with Crippen molar-refractivity contribution in [3.05, 3.63) is 67.5 Å². The third-order valence-electron chi connectivity index (χ3n) is 5.89. The summed E-state index contributed by atoms with van der Waals surface area (Å²) in [4.78, 5) is 39.8. The molecule has 12 heteroatoms. The molecule has 0 unspecified atom stereocenters. The first-order chi connectivity index (χ1) is 16.8. The molecule has 0 saturated carbocycles. The van der Waals surface area contributed by atoms with Gasteiger partial charge < -0.3 is 10.3 Å². The number of benzene rings is 1. The van der Waals surface area contributed by atoms with Gasteiger partial charge in [0.05, 0.1) is 10.3 Å². The highest BCUT2D eigenvalue weighted by atomic mass is 32.2. The number of carbonyl (C=O) groups is 1. The van der Waals surface area contributed by atoms with E-state index in [2.05, 4.69) is 20.3 Å². The highest BCUT2D eigenvalue weighted by molar-refractivity contribution is 7.89. The SMILES string of the molecule is NS(=O)(=O)c1ccc(Cc2cnc(NC(=O)CCc3nc4sc5c(c4c(=O)[nH]3)CCCC5)s2)cc1. The van der Waals surface area contributed by atoms with Gasteiger partial charge in [-0.2, -0.15) is 0 Å². The van der Waals surface area contributed by atoms with E-state index in [0.29, 0.717) is 29.2 Å². The van der Waals surface area contributed by atoms with E-state index in [1.54, 1.807) is 29.7 Å². The molecule has 0 bridgehead atoms.